The van der Waals surface area contributed by atoms with Gasteiger partial charge in [0.25, 0.3) is 0 Å². The van der Waals surface area contributed by atoms with Gasteiger partial charge in [0.05, 0.1) is 5.39 Å². The van der Waals surface area contributed by atoms with Crippen LogP contribution in [0.25, 0.3) is 27.8 Å². The van der Waals surface area contributed by atoms with Crippen LogP contribution in [0, 0.1) is 0 Å². The third-order valence-electron chi connectivity index (χ3n) is 4.12. The summed E-state index contributed by atoms with van der Waals surface area (Å²) >= 11 is 0. The van der Waals surface area contributed by atoms with Crippen LogP contribution in [-0.4, -0.2) is 21.1 Å². The van der Waals surface area contributed by atoms with E-state index in [1.165, 1.54) is 0 Å². The molecule has 0 saturated carbocycles. The minimum atomic E-state index is 0.650. The smallest absolute Gasteiger partial charge is 0.150 e. The van der Waals surface area contributed by atoms with Crippen molar-refractivity contribution < 1.29 is 0 Å². The normalized spacial score (nSPS) is 10.7. The van der Waals surface area contributed by atoms with Crippen LogP contribution in [0.4, 0.5) is 5.82 Å². The zero-order valence-corrected chi connectivity index (χ0v) is 13.8. The Morgan fingerprint density at radius 2 is 1.68 bits per heavy atom. The third kappa shape index (κ3) is 2.78. The first-order valence-corrected chi connectivity index (χ1v) is 8.20. The van der Waals surface area contributed by atoms with Gasteiger partial charge in [-0.25, -0.2) is 9.97 Å². The van der Waals surface area contributed by atoms with E-state index in [4.69, 9.17) is 0 Å². The highest BCUT2D eigenvalue weighted by atomic mass is 15.1. The molecule has 1 N–H and O–H groups in total. The SMILES string of the molecule is C=CCNc1ncnc2c1c(-c1ccccc1)cn2-c1ccccc1. The Hall–Kier alpha value is -3.40. The number of rotatable bonds is 5. The molecular formula is C21H18N4. The molecule has 0 bridgehead atoms. The van der Waals surface area contributed by atoms with Gasteiger partial charge in [0.1, 0.15) is 12.1 Å². The number of nitrogens with zero attached hydrogens (tertiary/aromatic N) is 3. The lowest BCUT2D eigenvalue weighted by atomic mass is 10.1. The number of fused-ring (bicyclic) bond motifs is 1. The van der Waals surface area contributed by atoms with E-state index in [-0.39, 0.29) is 0 Å². The van der Waals surface area contributed by atoms with Gasteiger partial charge < -0.3 is 9.88 Å². The highest BCUT2D eigenvalue weighted by Crippen LogP contribution is 2.35. The number of para-hydroxylation sites is 1. The predicted octanol–water partition coefficient (Wildman–Crippen LogP) is 4.69. The van der Waals surface area contributed by atoms with Crippen LogP contribution in [-0.2, 0) is 0 Å². The fourth-order valence-electron chi connectivity index (χ4n) is 2.99. The van der Waals surface area contributed by atoms with E-state index in [0.29, 0.717) is 6.54 Å². The van der Waals surface area contributed by atoms with Crippen LogP contribution in [0.3, 0.4) is 0 Å². The summed E-state index contributed by atoms with van der Waals surface area (Å²) in [7, 11) is 0. The molecule has 4 heteroatoms. The van der Waals surface area contributed by atoms with Crippen molar-refractivity contribution in [2.75, 3.05) is 11.9 Å². The standard InChI is InChI=1S/C21H18N4/c1-2-13-22-20-19-18(16-9-5-3-6-10-16)14-25(21(19)24-15-23-20)17-11-7-4-8-12-17/h2-12,14-15H,1,13H2,(H,22,23,24). The number of benzene rings is 2. The van der Waals surface area contributed by atoms with Gasteiger partial charge in [-0.3, -0.25) is 0 Å². The Bertz CT molecular complexity index is 1000. The molecule has 4 aromatic rings. The van der Waals surface area contributed by atoms with Gasteiger partial charge in [0.15, 0.2) is 5.65 Å². The Morgan fingerprint density at radius 3 is 2.40 bits per heavy atom. The average Bonchev–Trinajstić information content (AvgIpc) is 3.08. The molecule has 0 amide bonds. The van der Waals surface area contributed by atoms with Crippen molar-refractivity contribution in [2.24, 2.45) is 0 Å². The summed E-state index contributed by atoms with van der Waals surface area (Å²) in [4.78, 5) is 9.01. The second-order valence-corrected chi connectivity index (χ2v) is 5.70. The first kappa shape index (κ1) is 15.1. The molecular weight excluding hydrogens is 308 g/mol. The first-order valence-electron chi connectivity index (χ1n) is 8.20. The van der Waals surface area contributed by atoms with Crippen LogP contribution in [0.1, 0.15) is 0 Å². The summed E-state index contributed by atoms with van der Waals surface area (Å²) in [6.07, 6.45) is 5.55. The van der Waals surface area contributed by atoms with Crippen LogP contribution in [0.2, 0.25) is 0 Å². The van der Waals surface area contributed by atoms with E-state index in [1.54, 1.807) is 6.33 Å². The molecule has 25 heavy (non-hydrogen) atoms. The average molecular weight is 326 g/mol. The monoisotopic (exact) mass is 326 g/mol. The number of anilines is 1. The van der Waals surface area contributed by atoms with Gasteiger partial charge in [0, 0.05) is 24.0 Å². The van der Waals surface area contributed by atoms with Gasteiger partial charge in [-0.15, -0.1) is 6.58 Å². The summed E-state index contributed by atoms with van der Waals surface area (Å²) in [5.74, 6) is 0.818. The number of hydrogen-bond acceptors (Lipinski definition) is 3. The maximum absolute atomic E-state index is 4.56. The van der Waals surface area contributed by atoms with E-state index >= 15 is 0 Å². The summed E-state index contributed by atoms with van der Waals surface area (Å²) in [6, 6.07) is 20.5. The van der Waals surface area contributed by atoms with Crippen molar-refractivity contribution in [3.8, 4) is 16.8 Å². The topological polar surface area (TPSA) is 42.7 Å². The molecule has 0 aliphatic rings. The van der Waals surface area contributed by atoms with Crippen LogP contribution in [0.15, 0.2) is 85.8 Å². The lowest BCUT2D eigenvalue weighted by molar-refractivity contribution is 1.07. The maximum atomic E-state index is 4.56. The van der Waals surface area contributed by atoms with Crippen molar-refractivity contribution in [1.82, 2.24) is 14.5 Å². The minimum absolute atomic E-state index is 0.650. The van der Waals surface area contributed by atoms with E-state index in [0.717, 1.165) is 33.7 Å². The molecule has 0 atom stereocenters. The molecule has 0 aliphatic heterocycles. The number of hydrogen-bond donors (Lipinski definition) is 1. The van der Waals surface area contributed by atoms with Crippen molar-refractivity contribution >= 4 is 16.9 Å². The summed E-state index contributed by atoms with van der Waals surface area (Å²) in [6.45, 7) is 4.43. The highest BCUT2D eigenvalue weighted by Gasteiger charge is 2.16. The zero-order chi connectivity index (χ0) is 17.1. The lowest BCUT2D eigenvalue weighted by Crippen LogP contribution is -2.02. The molecule has 0 aliphatic carbocycles. The molecule has 0 spiro atoms. The Morgan fingerprint density at radius 1 is 0.960 bits per heavy atom. The second kappa shape index (κ2) is 6.61. The molecule has 0 fully saturated rings. The zero-order valence-electron chi connectivity index (χ0n) is 13.8. The number of aromatic nitrogens is 3. The van der Waals surface area contributed by atoms with Crippen molar-refractivity contribution in [2.45, 2.75) is 0 Å². The van der Waals surface area contributed by atoms with Gasteiger partial charge in [0.2, 0.25) is 0 Å². The van der Waals surface area contributed by atoms with E-state index < -0.39 is 0 Å². The fraction of sp³-hybridized carbons (Fsp3) is 0.0476. The molecule has 0 unspecified atom stereocenters. The molecule has 2 aromatic heterocycles. The quantitative estimate of drug-likeness (QED) is 0.541. The molecule has 0 saturated heterocycles. The molecule has 4 rings (SSSR count). The number of nitrogens with one attached hydrogen (secondary N) is 1. The van der Waals surface area contributed by atoms with Crippen molar-refractivity contribution in [3.63, 3.8) is 0 Å². The summed E-state index contributed by atoms with van der Waals surface area (Å²) in [5, 5.41) is 4.34. The van der Waals surface area contributed by atoms with E-state index in [1.807, 2.05) is 42.5 Å². The maximum Gasteiger partial charge on any atom is 0.150 e. The Kier molecular flexibility index (Phi) is 4.01. The van der Waals surface area contributed by atoms with Crippen molar-refractivity contribution in [1.29, 1.82) is 0 Å². The van der Waals surface area contributed by atoms with Crippen molar-refractivity contribution in [3.05, 3.63) is 85.8 Å². The molecule has 4 nitrogen and oxygen atoms in total. The van der Waals surface area contributed by atoms with E-state index in [9.17, 15) is 0 Å². The Balaban J connectivity index is 2.01. The Labute approximate surface area is 146 Å². The van der Waals surface area contributed by atoms with Gasteiger partial charge >= 0.3 is 0 Å². The molecule has 0 radical (unpaired) electrons. The van der Waals surface area contributed by atoms with Crippen LogP contribution < -0.4 is 5.32 Å². The minimum Gasteiger partial charge on any atom is -0.366 e. The highest BCUT2D eigenvalue weighted by molar-refractivity contribution is 6.02. The van der Waals surface area contributed by atoms with E-state index in [2.05, 4.69) is 56.9 Å². The van der Waals surface area contributed by atoms with Gasteiger partial charge in [-0.2, -0.15) is 0 Å². The van der Waals surface area contributed by atoms with Crippen LogP contribution >= 0.6 is 0 Å². The summed E-state index contributed by atoms with van der Waals surface area (Å²) in [5.41, 5.74) is 4.19. The summed E-state index contributed by atoms with van der Waals surface area (Å²) < 4.78 is 2.11. The third-order valence-corrected chi connectivity index (χ3v) is 4.12. The largest absolute Gasteiger partial charge is 0.366 e. The van der Waals surface area contributed by atoms with Crippen LogP contribution in [0.5, 0.6) is 0 Å². The molecule has 2 aromatic carbocycles. The first-order chi connectivity index (χ1) is 12.4. The molecule has 122 valence electrons. The van der Waals surface area contributed by atoms with Gasteiger partial charge in [-0.1, -0.05) is 54.6 Å². The molecule has 2 heterocycles. The second-order valence-electron chi connectivity index (χ2n) is 5.70. The predicted molar refractivity (Wildman–Crippen MR) is 103 cm³/mol. The lowest BCUT2D eigenvalue weighted by Gasteiger charge is -2.07. The fourth-order valence-corrected chi connectivity index (χ4v) is 2.99. The van der Waals surface area contributed by atoms with Gasteiger partial charge in [-0.05, 0) is 17.7 Å².